The largest absolute Gasteiger partial charge is 0.493 e. The van der Waals surface area contributed by atoms with Crippen LogP contribution < -0.4 is 14.8 Å². The van der Waals surface area contributed by atoms with E-state index in [-0.39, 0.29) is 11.8 Å². The smallest absolute Gasteiger partial charge is 0.226 e. The first kappa shape index (κ1) is 16.4. The summed E-state index contributed by atoms with van der Waals surface area (Å²) in [5.41, 5.74) is 2.05. The van der Waals surface area contributed by atoms with Crippen LogP contribution in [-0.2, 0) is 11.8 Å². The maximum absolute atomic E-state index is 12.1. The van der Waals surface area contributed by atoms with E-state index in [9.17, 15) is 4.79 Å². The Hall–Kier alpha value is -2.50. The van der Waals surface area contributed by atoms with Crippen LogP contribution in [0.5, 0.6) is 11.5 Å². The van der Waals surface area contributed by atoms with Crippen molar-refractivity contribution in [2.75, 3.05) is 19.0 Å². The number of ether oxygens (including phenoxy) is 2. The summed E-state index contributed by atoms with van der Waals surface area (Å²) in [7, 11) is 3.46. The zero-order valence-corrected chi connectivity index (χ0v) is 14.5. The van der Waals surface area contributed by atoms with Gasteiger partial charge in [0.2, 0.25) is 5.91 Å². The van der Waals surface area contributed by atoms with E-state index in [1.165, 1.54) is 0 Å². The molecule has 128 valence electrons. The average Bonchev–Trinajstić information content (AvgIpc) is 2.93. The molecule has 1 aromatic carbocycles. The fraction of sp³-hybridized carbons (Fsp3) is 0.444. The number of hydrogen-bond donors (Lipinski definition) is 1. The molecule has 0 saturated carbocycles. The normalized spacial score (nSPS) is 16.7. The molecular weight excluding hydrogens is 306 g/mol. The minimum absolute atomic E-state index is 0.00318. The number of aryl methyl sites for hydroxylation is 1. The van der Waals surface area contributed by atoms with Crippen molar-refractivity contribution < 1.29 is 14.3 Å². The van der Waals surface area contributed by atoms with E-state index in [2.05, 4.69) is 24.3 Å². The number of carbonyl (C=O) groups is 1. The molecule has 2 heterocycles. The van der Waals surface area contributed by atoms with Gasteiger partial charge in [-0.3, -0.25) is 9.48 Å². The predicted molar refractivity (Wildman–Crippen MR) is 91.6 cm³/mol. The first-order chi connectivity index (χ1) is 11.5. The Balaban J connectivity index is 1.97. The quantitative estimate of drug-likeness (QED) is 0.916. The van der Waals surface area contributed by atoms with E-state index in [1.807, 2.05) is 31.4 Å². The fourth-order valence-corrected chi connectivity index (χ4v) is 2.92. The third-order valence-electron chi connectivity index (χ3n) is 4.15. The van der Waals surface area contributed by atoms with Crippen molar-refractivity contribution in [3.05, 3.63) is 35.5 Å². The Morgan fingerprint density at radius 2 is 2.17 bits per heavy atom. The van der Waals surface area contributed by atoms with Crippen LogP contribution in [0.25, 0.3) is 0 Å². The van der Waals surface area contributed by atoms with E-state index < -0.39 is 0 Å². The summed E-state index contributed by atoms with van der Waals surface area (Å²) in [5, 5.41) is 7.16. The monoisotopic (exact) mass is 329 g/mol. The number of amides is 1. The van der Waals surface area contributed by atoms with Crippen molar-refractivity contribution in [1.29, 1.82) is 0 Å². The maximum Gasteiger partial charge on any atom is 0.226 e. The van der Waals surface area contributed by atoms with E-state index in [0.29, 0.717) is 30.4 Å². The van der Waals surface area contributed by atoms with Gasteiger partial charge in [0.05, 0.1) is 19.9 Å². The number of anilines is 1. The van der Waals surface area contributed by atoms with Gasteiger partial charge in [0.15, 0.2) is 11.5 Å². The molecule has 1 aliphatic heterocycles. The van der Waals surface area contributed by atoms with Crippen LogP contribution >= 0.6 is 0 Å². The lowest BCUT2D eigenvalue weighted by Crippen LogP contribution is -2.24. The second-order valence-corrected chi connectivity index (χ2v) is 6.49. The Bertz CT molecular complexity index is 752. The molecule has 0 fully saturated rings. The van der Waals surface area contributed by atoms with E-state index in [0.717, 1.165) is 16.9 Å². The van der Waals surface area contributed by atoms with Gasteiger partial charge in [-0.25, -0.2) is 0 Å². The number of aromatic nitrogens is 2. The van der Waals surface area contributed by atoms with Gasteiger partial charge in [-0.05, 0) is 23.6 Å². The van der Waals surface area contributed by atoms with Gasteiger partial charge in [0.1, 0.15) is 5.82 Å². The molecule has 3 rings (SSSR count). The summed E-state index contributed by atoms with van der Waals surface area (Å²) in [5.74, 6) is 2.55. The number of nitrogens with zero attached hydrogens (tertiary/aromatic N) is 2. The van der Waals surface area contributed by atoms with Crippen molar-refractivity contribution in [3.63, 3.8) is 0 Å². The lowest BCUT2D eigenvalue weighted by Gasteiger charge is -2.24. The molecule has 0 bridgehead atoms. The zero-order chi connectivity index (χ0) is 17.3. The second-order valence-electron chi connectivity index (χ2n) is 6.49. The minimum Gasteiger partial charge on any atom is -0.493 e. The summed E-state index contributed by atoms with van der Waals surface area (Å²) in [6, 6.07) is 5.86. The van der Waals surface area contributed by atoms with Crippen molar-refractivity contribution >= 4 is 11.7 Å². The summed E-state index contributed by atoms with van der Waals surface area (Å²) in [6.07, 6.45) is 2.22. The van der Waals surface area contributed by atoms with Crippen molar-refractivity contribution in [3.8, 4) is 11.5 Å². The molecule has 1 amide bonds. The lowest BCUT2D eigenvalue weighted by molar-refractivity contribution is -0.116. The van der Waals surface area contributed by atoms with Gasteiger partial charge in [-0.15, -0.1) is 0 Å². The molecule has 1 aromatic heterocycles. The summed E-state index contributed by atoms with van der Waals surface area (Å²) < 4.78 is 13.0. The molecule has 0 aliphatic carbocycles. The SMILES string of the molecule is COc1ccc(C2CC(=O)Nc3c2cnn3C)cc1OCC(C)C. The minimum atomic E-state index is -0.0326. The second kappa shape index (κ2) is 6.55. The zero-order valence-electron chi connectivity index (χ0n) is 14.5. The van der Waals surface area contributed by atoms with Crippen LogP contribution in [-0.4, -0.2) is 29.4 Å². The highest BCUT2D eigenvalue weighted by Gasteiger charge is 2.29. The molecule has 1 unspecified atom stereocenters. The van der Waals surface area contributed by atoms with Gasteiger partial charge in [0.25, 0.3) is 0 Å². The maximum atomic E-state index is 12.1. The summed E-state index contributed by atoms with van der Waals surface area (Å²) >= 11 is 0. The van der Waals surface area contributed by atoms with Gasteiger partial charge in [-0.2, -0.15) is 5.10 Å². The molecular formula is C18H23N3O3. The average molecular weight is 329 g/mol. The molecule has 1 atom stereocenters. The molecule has 24 heavy (non-hydrogen) atoms. The highest BCUT2D eigenvalue weighted by Crippen LogP contribution is 2.39. The Morgan fingerprint density at radius 3 is 2.88 bits per heavy atom. The molecule has 0 radical (unpaired) electrons. The molecule has 1 N–H and O–H groups in total. The molecule has 1 aliphatic rings. The summed E-state index contributed by atoms with van der Waals surface area (Å²) in [6.45, 7) is 4.82. The molecule has 0 saturated heterocycles. The topological polar surface area (TPSA) is 65.4 Å². The first-order valence-corrected chi connectivity index (χ1v) is 8.12. The summed E-state index contributed by atoms with van der Waals surface area (Å²) in [4.78, 5) is 12.1. The van der Waals surface area contributed by atoms with Crippen LogP contribution in [0.15, 0.2) is 24.4 Å². The predicted octanol–water partition coefficient (Wildman–Crippen LogP) is 2.94. The van der Waals surface area contributed by atoms with Crippen molar-refractivity contribution in [2.45, 2.75) is 26.2 Å². The number of hydrogen-bond acceptors (Lipinski definition) is 4. The number of carbonyl (C=O) groups excluding carboxylic acids is 1. The molecule has 6 nitrogen and oxygen atoms in total. The highest BCUT2D eigenvalue weighted by atomic mass is 16.5. The number of rotatable bonds is 5. The highest BCUT2D eigenvalue weighted by molar-refractivity contribution is 5.94. The van der Waals surface area contributed by atoms with Gasteiger partial charge >= 0.3 is 0 Å². The van der Waals surface area contributed by atoms with E-state index in [4.69, 9.17) is 9.47 Å². The third kappa shape index (κ3) is 3.09. The fourth-order valence-electron chi connectivity index (χ4n) is 2.92. The van der Waals surface area contributed by atoms with Gasteiger partial charge in [-0.1, -0.05) is 19.9 Å². The van der Waals surface area contributed by atoms with Crippen LogP contribution in [0.2, 0.25) is 0 Å². The Kier molecular flexibility index (Phi) is 4.46. The number of fused-ring (bicyclic) bond motifs is 1. The first-order valence-electron chi connectivity index (χ1n) is 8.12. The van der Waals surface area contributed by atoms with Crippen molar-refractivity contribution in [2.24, 2.45) is 13.0 Å². The molecule has 6 heteroatoms. The number of benzene rings is 1. The molecule has 2 aromatic rings. The van der Waals surface area contributed by atoms with E-state index >= 15 is 0 Å². The van der Waals surface area contributed by atoms with E-state index in [1.54, 1.807) is 11.8 Å². The lowest BCUT2D eigenvalue weighted by atomic mass is 9.87. The molecule has 0 spiro atoms. The Morgan fingerprint density at radius 1 is 1.38 bits per heavy atom. The van der Waals surface area contributed by atoms with Crippen molar-refractivity contribution in [1.82, 2.24) is 9.78 Å². The van der Waals surface area contributed by atoms with Crippen LogP contribution in [0.4, 0.5) is 5.82 Å². The van der Waals surface area contributed by atoms with Crippen LogP contribution in [0, 0.1) is 5.92 Å². The third-order valence-corrected chi connectivity index (χ3v) is 4.15. The number of methoxy groups -OCH3 is 1. The van der Waals surface area contributed by atoms with Gasteiger partial charge < -0.3 is 14.8 Å². The number of nitrogens with one attached hydrogen (secondary N) is 1. The van der Waals surface area contributed by atoms with Gasteiger partial charge in [0, 0.05) is 24.9 Å². The van der Waals surface area contributed by atoms with Crippen LogP contribution in [0.3, 0.4) is 0 Å². The Labute approximate surface area is 141 Å². The van der Waals surface area contributed by atoms with Crippen LogP contribution in [0.1, 0.15) is 37.3 Å². The standard InChI is InChI=1S/C18H23N3O3/c1-11(2)10-24-16-7-12(5-6-15(16)23-4)13-8-17(22)20-18-14(13)9-19-21(18)3/h5-7,9,11,13H,8,10H2,1-4H3,(H,20,22).